The van der Waals surface area contributed by atoms with Crippen LogP contribution in [-0.2, 0) is 9.53 Å². The number of esters is 1. The maximum absolute atomic E-state index is 11.9. The molecule has 3 N–H and O–H groups in total. The van der Waals surface area contributed by atoms with Gasteiger partial charge in [-0.2, -0.15) is 0 Å². The maximum atomic E-state index is 11.9. The monoisotopic (exact) mass is 342 g/mol. The molecule has 1 amide bonds. The molecule has 0 heterocycles. The molecule has 5 nitrogen and oxygen atoms in total. The normalized spacial score (nSPS) is 12.1. The van der Waals surface area contributed by atoms with Gasteiger partial charge in [0.15, 0.2) is 0 Å². The van der Waals surface area contributed by atoms with E-state index in [2.05, 4.69) is 21.2 Å². The number of anilines is 1. The highest BCUT2D eigenvalue weighted by Crippen LogP contribution is 2.24. The minimum absolute atomic E-state index is 0.0487. The SMILES string of the molecule is CCOC(=O)c1ccc(NC(=O)C(N)C(C)C)c(Br)c1. The van der Waals surface area contributed by atoms with Gasteiger partial charge in [0.25, 0.3) is 0 Å². The van der Waals surface area contributed by atoms with Crippen LogP contribution >= 0.6 is 15.9 Å². The third kappa shape index (κ3) is 4.31. The second-order valence-electron chi connectivity index (χ2n) is 4.67. The Labute approximate surface area is 127 Å². The van der Waals surface area contributed by atoms with Gasteiger partial charge in [-0.15, -0.1) is 0 Å². The molecule has 1 unspecified atom stereocenters. The molecule has 0 radical (unpaired) electrons. The fourth-order valence-corrected chi connectivity index (χ4v) is 1.95. The van der Waals surface area contributed by atoms with Gasteiger partial charge in [0.1, 0.15) is 0 Å². The van der Waals surface area contributed by atoms with Crippen LogP contribution in [0.25, 0.3) is 0 Å². The van der Waals surface area contributed by atoms with E-state index in [4.69, 9.17) is 10.5 Å². The molecule has 0 saturated heterocycles. The van der Waals surface area contributed by atoms with Gasteiger partial charge in [0.05, 0.1) is 23.9 Å². The first kappa shape index (κ1) is 16.7. The quantitative estimate of drug-likeness (QED) is 0.805. The van der Waals surface area contributed by atoms with E-state index in [1.165, 1.54) is 0 Å². The lowest BCUT2D eigenvalue weighted by Gasteiger charge is -2.16. The van der Waals surface area contributed by atoms with Crippen LogP contribution < -0.4 is 11.1 Å². The second kappa shape index (κ2) is 7.40. The summed E-state index contributed by atoms with van der Waals surface area (Å²) >= 11 is 3.32. The molecular weight excluding hydrogens is 324 g/mol. The molecule has 0 aliphatic rings. The summed E-state index contributed by atoms with van der Waals surface area (Å²) in [6.45, 7) is 5.82. The Morgan fingerprint density at radius 2 is 2.05 bits per heavy atom. The van der Waals surface area contributed by atoms with Gasteiger partial charge in [0, 0.05) is 4.47 Å². The number of ether oxygens (including phenoxy) is 1. The van der Waals surface area contributed by atoms with E-state index in [0.717, 1.165) is 0 Å². The zero-order valence-electron chi connectivity index (χ0n) is 11.8. The number of hydrogen-bond acceptors (Lipinski definition) is 4. The predicted molar refractivity (Wildman–Crippen MR) is 81.5 cm³/mol. The molecule has 0 fully saturated rings. The summed E-state index contributed by atoms with van der Waals surface area (Å²) in [5.74, 6) is -0.609. The van der Waals surface area contributed by atoms with Crippen LogP contribution in [0, 0.1) is 5.92 Å². The Morgan fingerprint density at radius 1 is 1.40 bits per heavy atom. The van der Waals surface area contributed by atoms with Crippen molar-refractivity contribution in [2.75, 3.05) is 11.9 Å². The number of benzene rings is 1. The van der Waals surface area contributed by atoms with Crippen LogP contribution in [0.4, 0.5) is 5.69 Å². The maximum Gasteiger partial charge on any atom is 0.338 e. The van der Waals surface area contributed by atoms with E-state index in [9.17, 15) is 9.59 Å². The third-order valence-corrected chi connectivity index (χ3v) is 3.42. The Kier molecular flexibility index (Phi) is 6.16. The van der Waals surface area contributed by atoms with Crippen molar-refractivity contribution >= 4 is 33.5 Å². The number of halogens is 1. The first-order valence-electron chi connectivity index (χ1n) is 6.40. The standard InChI is InChI=1S/C14H19BrN2O3/c1-4-20-14(19)9-5-6-11(10(15)7-9)17-13(18)12(16)8(2)3/h5-8,12H,4,16H2,1-3H3,(H,17,18). The van der Waals surface area contributed by atoms with Crippen molar-refractivity contribution in [2.45, 2.75) is 26.8 Å². The van der Waals surface area contributed by atoms with Crippen LogP contribution in [-0.4, -0.2) is 24.5 Å². The second-order valence-corrected chi connectivity index (χ2v) is 5.53. The molecular formula is C14H19BrN2O3. The Hall–Kier alpha value is -1.40. The van der Waals surface area contributed by atoms with Crippen LogP contribution in [0.1, 0.15) is 31.1 Å². The number of hydrogen-bond donors (Lipinski definition) is 2. The van der Waals surface area contributed by atoms with E-state index >= 15 is 0 Å². The molecule has 0 aromatic heterocycles. The van der Waals surface area contributed by atoms with Gasteiger partial charge >= 0.3 is 5.97 Å². The van der Waals surface area contributed by atoms with Crippen molar-refractivity contribution in [2.24, 2.45) is 11.7 Å². The molecule has 0 saturated carbocycles. The zero-order valence-corrected chi connectivity index (χ0v) is 13.4. The Bertz CT molecular complexity index is 503. The lowest BCUT2D eigenvalue weighted by atomic mass is 10.0. The van der Waals surface area contributed by atoms with Crippen molar-refractivity contribution in [1.82, 2.24) is 0 Å². The Balaban J connectivity index is 2.84. The number of nitrogens with one attached hydrogen (secondary N) is 1. The van der Waals surface area contributed by atoms with Crippen molar-refractivity contribution in [3.8, 4) is 0 Å². The molecule has 0 aliphatic heterocycles. The van der Waals surface area contributed by atoms with Crippen molar-refractivity contribution in [1.29, 1.82) is 0 Å². The highest BCUT2D eigenvalue weighted by molar-refractivity contribution is 9.10. The van der Waals surface area contributed by atoms with E-state index < -0.39 is 12.0 Å². The molecule has 1 atom stereocenters. The summed E-state index contributed by atoms with van der Waals surface area (Å²) in [5, 5.41) is 2.73. The van der Waals surface area contributed by atoms with E-state index in [-0.39, 0.29) is 11.8 Å². The molecule has 110 valence electrons. The summed E-state index contributed by atoms with van der Waals surface area (Å²) in [5.41, 5.74) is 6.76. The average Bonchev–Trinajstić information content (AvgIpc) is 2.40. The summed E-state index contributed by atoms with van der Waals surface area (Å²) in [7, 11) is 0. The molecule has 1 aromatic rings. The largest absolute Gasteiger partial charge is 0.462 e. The number of carbonyl (C=O) groups is 2. The number of carbonyl (C=O) groups excluding carboxylic acids is 2. The summed E-state index contributed by atoms with van der Waals surface area (Å²) < 4.78 is 5.51. The summed E-state index contributed by atoms with van der Waals surface area (Å²) in [4.78, 5) is 23.5. The fraction of sp³-hybridized carbons (Fsp3) is 0.429. The minimum Gasteiger partial charge on any atom is -0.462 e. The van der Waals surface area contributed by atoms with Crippen LogP contribution in [0.5, 0.6) is 0 Å². The van der Waals surface area contributed by atoms with E-state index in [1.807, 2.05) is 13.8 Å². The molecule has 6 heteroatoms. The van der Waals surface area contributed by atoms with Crippen molar-refractivity contribution in [3.05, 3.63) is 28.2 Å². The molecule has 0 spiro atoms. The van der Waals surface area contributed by atoms with E-state index in [0.29, 0.717) is 22.3 Å². The summed E-state index contributed by atoms with van der Waals surface area (Å²) in [6, 6.07) is 4.27. The van der Waals surface area contributed by atoms with Gasteiger partial charge in [0.2, 0.25) is 5.91 Å². The van der Waals surface area contributed by atoms with Gasteiger partial charge in [-0.3, -0.25) is 4.79 Å². The lowest BCUT2D eigenvalue weighted by molar-refractivity contribution is -0.118. The lowest BCUT2D eigenvalue weighted by Crippen LogP contribution is -2.39. The number of nitrogens with two attached hydrogens (primary N) is 1. The summed E-state index contributed by atoms with van der Waals surface area (Å²) in [6.07, 6.45) is 0. The number of rotatable bonds is 5. The van der Waals surface area contributed by atoms with Gasteiger partial charge in [-0.05, 0) is 47.0 Å². The van der Waals surface area contributed by atoms with Crippen LogP contribution in [0.15, 0.2) is 22.7 Å². The van der Waals surface area contributed by atoms with Gasteiger partial charge in [-0.1, -0.05) is 13.8 Å². The zero-order chi connectivity index (χ0) is 15.3. The topological polar surface area (TPSA) is 81.4 Å². The number of amides is 1. The first-order chi connectivity index (χ1) is 9.36. The predicted octanol–water partition coefficient (Wildman–Crippen LogP) is 2.55. The average molecular weight is 343 g/mol. The van der Waals surface area contributed by atoms with Crippen LogP contribution in [0.2, 0.25) is 0 Å². The molecule has 0 aliphatic carbocycles. The van der Waals surface area contributed by atoms with Gasteiger partial charge < -0.3 is 15.8 Å². The third-order valence-electron chi connectivity index (χ3n) is 2.76. The minimum atomic E-state index is -0.577. The fourth-order valence-electron chi connectivity index (χ4n) is 1.48. The molecule has 0 bridgehead atoms. The van der Waals surface area contributed by atoms with Crippen LogP contribution in [0.3, 0.4) is 0 Å². The highest BCUT2D eigenvalue weighted by atomic mass is 79.9. The highest BCUT2D eigenvalue weighted by Gasteiger charge is 2.18. The van der Waals surface area contributed by atoms with E-state index in [1.54, 1.807) is 25.1 Å². The Morgan fingerprint density at radius 3 is 2.55 bits per heavy atom. The van der Waals surface area contributed by atoms with Crippen molar-refractivity contribution in [3.63, 3.8) is 0 Å². The molecule has 1 rings (SSSR count). The van der Waals surface area contributed by atoms with Gasteiger partial charge in [-0.25, -0.2) is 4.79 Å². The smallest absolute Gasteiger partial charge is 0.338 e. The first-order valence-corrected chi connectivity index (χ1v) is 7.19. The molecule has 1 aromatic carbocycles. The molecule has 20 heavy (non-hydrogen) atoms. The van der Waals surface area contributed by atoms with Crippen molar-refractivity contribution < 1.29 is 14.3 Å².